The molecule has 8 nitrogen and oxygen atoms in total. The van der Waals surface area contributed by atoms with Crippen LogP contribution in [0.4, 0.5) is 5.69 Å². The fourth-order valence-electron chi connectivity index (χ4n) is 1.23. The zero-order valence-electron chi connectivity index (χ0n) is 12.8. The molecule has 0 fully saturated rings. The summed E-state index contributed by atoms with van der Waals surface area (Å²) in [5.74, 6) is -1.88. The predicted molar refractivity (Wildman–Crippen MR) is 81.1 cm³/mol. The smallest absolute Gasteiger partial charge is 0.265 e. The molecule has 0 aliphatic carbocycles. The van der Waals surface area contributed by atoms with Crippen molar-refractivity contribution in [3.63, 3.8) is 0 Å². The Hall–Kier alpha value is -1.87. The first-order valence-electron chi connectivity index (χ1n) is 6.32. The SMILES string of the molecule is CNC(C)C.CO[NH2+]c1c(O)c(O)cc(Cl)c1C(=O)NC=O. The van der Waals surface area contributed by atoms with Gasteiger partial charge in [-0.1, -0.05) is 25.4 Å². The number of halogens is 1. The largest absolute Gasteiger partial charge is 0.504 e. The topological polar surface area (TPSA) is 124 Å². The van der Waals surface area contributed by atoms with E-state index < -0.39 is 17.4 Å². The molecule has 0 saturated heterocycles. The number of rotatable bonds is 5. The lowest BCUT2D eigenvalue weighted by atomic mass is 10.1. The minimum atomic E-state index is -0.816. The van der Waals surface area contributed by atoms with E-state index in [1.54, 1.807) is 0 Å². The van der Waals surface area contributed by atoms with E-state index in [1.165, 1.54) is 7.11 Å². The number of aromatic hydroxyl groups is 2. The van der Waals surface area contributed by atoms with Crippen molar-refractivity contribution < 1.29 is 30.1 Å². The van der Waals surface area contributed by atoms with Gasteiger partial charge in [-0.2, -0.15) is 5.48 Å². The number of hydrogen-bond acceptors (Lipinski definition) is 6. The molecule has 124 valence electrons. The first-order chi connectivity index (χ1) is 10.3. The first-order valence-corrected chi connectivity index (χ1v) is 6.70. The van der Waals surface area contributed by atoms with Gasteiger partial charge in [0.05, 0.1) is 12.1 Å². The maximum atomic E-state index is 11.5. The summed E-state index contributed by atoms with van der Waals surface area (Å²) in [4.78, 5) is 26.4. The number of hydrogen-bond donors (Lipinski definition) is 5. The van der Waals surface area contributed by atoms with Crippen LogP contribution < -0.4 is 16.1 Å². The van der Waals surface area contributed by atoms with Crippen molar-refractivity contribution in [2.75, 3.05) is 14.2 Å². The van der Waals surface area contributed by atoms with Crippen LogP contribution in [0.1, 0.15) is 24.2 Å². The Bertz CT molecular complexity index is 523. The highest BCUT2D eigenvalue weighted by Gasteiger charge is 2.25. The van der Waals surface area contributed by atoms with E-state index in [2.05, 4.69) is 24.0 Å². The molecule has 0 aliphatic rings. The summed E-state index contributed by atoms with van der Waals surface area (Å²) >= 11 is 5.75. The van der Waals surface area contributed by atoms with Gasteiger partial charge in [0.2, 0.25) is 17.8 Å². The quantitative estimate of drug-likeness (QED) is 0.223. The predicted octanol–water partition coefficient (Wildman–Crippen LogP) is 0.00790. The zero-order chi connectivity index (χ0) is 17.3. The third-order valence-electron chi connectivity index (χ3n) is 2.50. The van der Waals surface area contributed by atoms with E-state index in [-0.39, 0.29) is 22.7 Å². The van der Waals surface area contributed by atoms with Gasteiger partial charge in [-0.05, 0) is 7.05 Å². The van der Waals surface area contributed by atoms with E-state index in [0.717, 1.165) is 11.5 Å². The Morgan fingerprint density at radius 3 is 2.41 bits per heavy atom. The Morgan fingerprint density at radius 2 is 2.00 bits per heavy atom. The molecule has 0 saturated carbocycles. The molecule has 0 aromatic heterocycles. The highest BCUT2D eigenvalue weighted by Crippen LogP contribution is 2.37. The Labute approximate surface area is 133 Å². The number of phenolic OH excluding ortho intramolecular Hbond substituents is 2. The minimum absolute atomic E-state index is 0.114. The summed E-state index contributed by atoms with van der Waals surface area (Å²) in [6, 6.07) is 1.62. The van der Waals surface area contributed by atoms with Gasteiger partial charge >= 0.3 is 0 Å². The van der Waals surface area contributed by atoms with Crippen LogP contribution in [0.25, 0.3) is 0 Å². The molecule has 22 heavy (non-hydrogen) atoms. The minimum Gasteiger partial charge on any atom is -0.504 e. The Kier molecular flexibility index (Phi) is 9.11. The molecule has 0 aliphatic heterocycles. The average molecular weight is 335 g/mol. The van der Waals surface area contributed by atoms with Crippen molar-refractivity contribution in [2.45, 2.75) is 19.9 Å². The molecule has 6 N–H and O–H groups in total. The molecule has 0 atom stereocenters. The molecule has 1 rings (SSSR count). The number of nitrogens with two attached hydrogens (primary N) is 1. The second-order valence-corrected chi connectivity index (χ2v) is 4.81. The van der Waals surface area contributed by atoms with Gasteiger partial charge in [0.1, 0.15) is 5.56 Å². The van der Waals surface area contributed by atoms with Crippen LogP contribution in [0.2, 0.25) is 5.02 Å². The van der Waals surface area contributed by atoms with E-state index >= 15 is 0 Å². The molecule has 0 heterocycles. The summed E-state index contributed by atoms with van der Waals surface area (Å²) in [7, 11) is 3.24. The van der Waals surface area contributed by atoms with Gasteiger partial charge in [0.25, 0.3) is 5.91 Å². The molecule has 9 heteroatoms. The standard InChI is InChI=1S/C9H9ClN2O5.C4H11N/c1-17-12-7-6(9(16)11-3-13)4(10)2-5(14)8(7)15;1-4(2)5-3/h2-3,12,14-15H,1H3,(H,11,13,16);4-5H,1-3H3/p+1. The normalized spacial score (nSPS) is 9.91. The van der Waals surface area contributed by atoms with Gasteiger partial charge in [-0.25, -0.2) is 4.84 Å². The third-order valence-corrected chi connectivity index (χ3v) is 2.80. The van der Waals surface area contributed by atoms with E-state index in [4.69, 9.17) is 11.6 Å². The van der Waals surface area contributed by atoms with Crippen molar-refractivity contribution in [1.29, 1.82) is 0 Å². The fraction of sp³-hybridized carbons (Fsp3) is 0.385. The van der Waals surface area contributed by atoms with E-state index in [1.807, 2.05) is 12.4 Å². The van der Waals surface area contributed by atoms with Gasteiger partial charge < -0.3 is 15.5 Å². The first kappa shape index (κ1) is 20.1. The number of carbonyl (C=O) groups excluding carboxylic acids is 2. The van der Waals surface area contributed by atoms with Gasteiger partial charge in [-0.15, -0.1) is 0 Å². The van der Waals surface area contributed by atoms with Gasteiger partial charge in [0.15, 0.2) is 5.75 Å². The van der Waals surface area contributed by atoms with Crippen molar-refractivity contribution in [1.82, 2.24) is 10.6 Å². The number of amides is 2. The zero-order valence-corrected chi connectivity index (χ0v) is 13.6. The van der Waals surface area contributed by atoms with Crippen LogP contribution in [-0.2, 0) is 9.63 Å². The number of imide groups is 1. The summed E-state index contributed by atoms with van der Waals surface area (Å²) < 4.78 is 0. The fourth-order valence-corrected chi connectivity index (χ4v) is 1.53. The molecule has 0 unspecified atom stereocenters. The molecular weight excluding hydrogens is 314 g/mol. The second-order valence-electron chi connectivity index (χ2n) is 4.40. The molecule has 0 radical (unpaired) electrons. The number of quaternary nitrogens is 1. The van der Waals surface area contributed by atoms with E-state index in [0.29, 0.717) is 6.04 Å². The van der Waals surface area contributed by atoms with Crippen LogP contribution in [0.15, 0.2) is 6.07 Å². The Morgan fingerprint density at radius 1 is 1.45 bits per heavy atom. The van der Waals surface area contributed by atoms with Crippen LogP contribution in [-0.4, -0.2) is 42.7 Å². The molecule has 1 aromatic carbocycles. The van der Waals surface area contributed by atoms with Gasteiger partial charge in [-0.3, -0.25) is 14.9 Å². The molecule has 1 aromatic rings. The van der Waals surface area contributed by atoms with E-state index in [9.17, 15) is 19.8 Å². The number of carbonyl (C=O) groups is 2. The number of benzene rings is 1. The maximum absolute atomic E-state index is 11.5. The van der Waals surface area contributed by atoms with Crippen LogP contribution in [0, 0.1) is 0 Å². The summed E-state index contributed by atoms with van der Waals surface area (Å²) in [5, 5.41) is 23.7. The van der Waals surface area contributed by atoms with Crippen molar-refractivity contribution >= 4 is 29.6 Å². The van der Waals surface area contributed by atoms with Crippen LogP contribution in [0.5, 0.6) is 11.5 Å². The van der Waals surface area contributed by atoms with Crippen molar-refractivity contribution in [2.24, 2.45) is 0 Å². The lowest BCUT2D eigenvalue weighted by molar-refractivity contribution is -0.830. The monoisotopic (exact) mass is 334 g/mol. The van der Waals surface area contributed by atoms with Crippen molar-refractivity contribution in [3.8, 4) is 11.5 Å². The highest BCUT2D eigenvalue weighted by atomic mass is 35.5. The molecule has 2 amide bonds. The van der Waals surface area contributed by atoms with Crippen LogP contribution >= 0.6 is 11.6 Å². The highest BCUT2D eigenvalue weighted by molar-refractivity contribution is 6.35. The summed E-state index contributed by atoms with van der Waals surface area (Å²) in [5.41, 5.74) is 0.744. The van der Waals surface area contributed by atoms with Crippen molar-refractivity contribution in [3.05, 3.63) is 16.7 Å². The molecule has 0 spiro atoms. The molecule has 0 bridgehead atoms. The van der Waals surface area contributed by atoms with Gasteiger partial charge in [0, 0.05) is 12.1 Å². The van der Waals surface area contributed by atoms with Crippen LogP contribution in [0.3, 0.4) is 0 Å². The molecular formula is C13H21ClN3O5+. The second kappa shape index (κ2) is 9.96. The number of nitrogens with one attached hydrogen (secondary N) is 2. The lowest BCUT2D eigenvalue weighted by Crippen LogP contribution is -2.76. The average Bonchev–Trinajstić information content (AvgIpc) is 2.45. The summed E-state index contributed by atoms with van der Waals surface area (Å²) in [6.45, 7) is 4.22. The summed E-state index contributed by atoms with van der Waals surface area (Å²) in [6.07, 6.45) is 0.180. The number of phenols is 2. The lowest BCUT2D eigenvalue weighted by Gasteiger charge is -2.09. The third kappa shape index (κ3) is 5.86. The Balaban J connectivity index is 0.000000763. The maximum Gasteiger partial charge on any atom is 0.265 e.